The lowest BCUT2D eigenvalue weighted by atomic mass is 9.91. The lowest BCUT2D eigenvalue weighted by Crippen LogP contribution is -2.54. The third kappa shape index (κ3) is 4.83. The van der Waals surface area contributed by atoms with E-state index < -0.39 is 35.3 Å². The van der Waals surface area contributed by atoms with Gasteiger partial charge in [-0.1, -0.05) is 18.6 Å². The number of amides is 5. The third-order valence-corrected chi connectivity index (χ3v) is 6.48. The first-order valence-electron chi connectivity index (χ1n) is 11.9. The van der Waals surface area contributed by atoms with Gasteiger partial charge in [0, 0.05) is 19.5 Å². The predicted octanol–water partition coefficient (Wildman–Crippen LogP) is 2.67. The zero-order valence-electron chi connectivity index (χ0n) is 19.9. The smallest absolute Gasteiger partial charge is 0.410 e. The van der Waals surface area contributed by atoms with Crippen LogP contribution in [-0.2, 0) is 20.7 Å². The minimum atomic E-state index is -0.988. The van der Waals surface area contributed by atoms with E-state index in [1.807, 2.05) is 26.8 Å². The number of fused-ring (bicyclic) bond motifs is 1. The standard InChI is InChI=1S/C25H31N3O6/c1-25(2,3)34-24(33)27-12-5-4-7-15(14-27)13-16-8-6-9-17-20(16)23(32)28(22(17)31)18-10-11-19(29)26-21(18)30/h6,8-9,15,18H,4-5,7,10-14H2,1-3H3,(H,26,29,30). The summed E-state index contributed by atoms with van der Waals surface area (Å²) in [7, 11) is 0. The van der Waals surface area contributed by atoms with Crippen LogP contribution in [0.2, 0.25) is 0 Å². The maximum atomic E-state index is 13.3. The molecule has 2 saturated heterocycles. The summed E-state index contributed by atoms with van der Waals surface area (Å²) in [4.78, 5) is 65.7. The van der Waals surface area contributed by atoms with E-state index in [2.05, 4.69) is 5.32 Å². The van der Waals surface area contributed by atoms with Crippen molar-refractivity contribution < 1.29 is 28.7 Å². The van der Waals surface area contributed by atoms with E-state index >= 15 is 0 Å². The monoisotopic (exact) mass is 469 g/mol. The molecule has 4 rings (SSSR count). The number of hydrogen-bond acceptors (Lipinski definition) is 6. The average Bonchev–Trinajstić information content (AvgIpc) is 2.90. The van der Waals surface area contributed by atoms with Crippen LogP contribution < -0.4 is 5.32 Å². The van der Waals surface area contributed by atoms with Gasteiger partial charge in [-0.3, -0.25) is 29.4 Å². The Balaban J connectivity index is 1.54. The predicted molar refractivity (Wildman–Crippen MR) is 122 cm³/mol. The highest BCUT2D eigenvalue weighted by atomic mass is 16.6. The van der Waals surface area contributed by atoms with Crippen molar-refractivity contribution in [3.05, 3.63) is 34.9 Å². The maximum absolute atomic E-state index is 13.3. The van der Waals surface area contributed by atoms with Crippen molar-refractivity contribution in [3.8, 4) is 0 Å². The van der Waals surface area contributed by atoms with Gasteiger partial charge in [-0.15, -0.1) is 0 Å². The molecule has 5 amide bonds. The highest BCUT2D eigenvalue weighted by Gasteiger charge is 2.45. The van der Waals surface area contributed by atoms with Gasteiger partial charge in [0.25, 0.3) is 11.8 Å². The fourth-order valence-corrected chi connectivity index (χ4v) is 4.95. The maximum Gasteiger partial charge on any atom is 0.410 e. The van der Waals surface area contributed by atoms with Crippen molar-refractivity contribution >= 4 is 29.7 Å². The number of carbonyl (C=O) groups excluding carboxylic acids is 5. The summed E-state index contributed by atoms with van der Waals surface area (Å²) in [5, 5.41) is 2.22. The van der Waals surface area contributed by atoms with Crippen molar-refractivity contribution in [1.29, 1.82) is 0 Å². The van der Waals surface area contributed by atoms with E-state index in [0.29, 0.717) is 25.1 Å². The Kier molecular flexibility index (Phi) is 6.47. The molecule has 9 heteroatoms. The number of ether oxygens (including phenoxy) is 1. The second-order valence-electron chi connectivity index (χ2n) is 10.3. The van der Waals surface area contributed by atoms with Crippen LogP contribution in [0.4, 0.5) is 4.79 Å². The number of carbonyl (C=O) groups is 5. The zero-order valence-corrected chi connectivity index (χ0v) is 19.9. The lowest BCUT2D eigenvalue weighted by Gasteiger charge is -2.29. The van der Waals surface area contributed by atoms with Crippen molar-refractivity contribution in [2.24, 2.45) is 5.92 Å². The average molecular weight is 470 g/mol. The van der Waals surface area contributed by atoms with Gasteiger partial charge in [0.2, 0.25) is 11.8 Å². The summed E-state index contributed by atoms with van der Waals surface area (Å²) in [6.45, 7) is 6.65. The zero-order chi connectivity index (χ0) is 24.6. The van der Waals surface area contributed by atoms with Gasteiger partial charge in [-0.05, 0) is 64.0 Å². The van der Waals surface area contributed by atoms with E-state index in [0.717, 1.165) is 29.7 Å². The second-order valence-corrected chi connectivity index (χ2v) is 10.3. The molecular weight excluding hydrogens is 438 g/mol. The lowest BCUT2D eigenvalue weighted by molar-refractivity contribution is -0.136. The molecule has 0 aliphatic carbocycles. The highest BCUT2D eigenvalue weighted by molar-refractivity contribution is 6.24. The molecule has 1 aromatic rings. The SMILES string of the molecule is CC(C)(C)OC(=O)N1CCCCC(Cc2cccc3c2C(=O)N(C2CCC(=O)NC2=O)C3=O)C1. The normalized spacial score (nSPS) is 23.5. The van der Waals surface area contributed by atoms with Crippen molar-refractivity contribution in [3.63, 3.8) is 0 Å². The Morgan fingerprint density at radius 3 is 2.56 bits per heavy atom. The second kappa shape index (κ2) is 9.19. The molecule has 0 radical (unpaired) electrons. The van der Waals surface area contributed by atoms with E-state index in [4.69, 9.17) is 4.74 Å². The van der Waals surface area contributed by atoms with Gasteiger partial charge >= 0.3 is 6.09 Å². The highest BCUT2D eigenvalue weighted by Crippen LogP contribution is 2.32. The number of imide groups is 2. The van der Waals surface area contributed by atoms with Gasteiger partial charge in [0.05, 0.1) is 11.1 Å². The Labute approximate surface area is 198 Å². The van der Waals surface area contributed by atoms with Crippen LogP contribution in [-0.4, -0.2) is 64.3 Å². The van der Waals surface area contributed by atoms with Crippen LogP contribution in [0.5, 0.6) is 0 Å². The molecule has 2 fully saturated rings. The molecule has 2 unspecified atom stereocenters. The Bertz CT molecular complexity index is 1040. The molecule has 0 bridgehead atoms. The first-order valence-corrected chi connectivity index (χ1v) is 11.9. The summed E-state index contributed by atoms with van der Waals surface area (Å²) < 4.78 is 5.56. The summed E-state index contributed by atoms with van der Waals surface area (Å²) >= 11 is 0. The van der Waals surface area contributed by atoms with Gasteiger partial charge in [0.15, 0.2) is 0 Å². The number of likely N-dealkylation sites (tertiary alicyclic amines) is 1. The molecule has 34 heavy (non-hydrogen) atoms. The Morgan fingerprint density at radius 2 is 1.85 bits per heavy atom. The quantitative estimate of drug-likeness (QED) is 0.681. The number of nitrogens with one attached hydrogen (secondary N) is 1. The van der Waals surface area contributed by atoms with E-state index in [9.17, 15) is 24.0 Å². The van der Waals surface area contributed by atoms with Crippen LogP contribution in [0, 0.1) is 5.92 Å². The first kappa shape index (κ1) is 23.9. The minimum Gasteiger partial charge on any atom is -0.444 e. The molecule has 3 aliphatic rings. The Hall–Kier alpha value is -3.23. The van der Waals surface area contributed by atoms with Crippen LogP contribution in [0.3, 0.4) is 0 Å². The fraction of sp³-hybridized carbons (Fsp3) is 0.560. The number of hydrogen-bond donors (Lipinski definition) is 1. The van der Waals surface area contributed by atoms with Crippen molar-refractivity contribution in [2.45, 2.75) is 70.9 Å². The molecular formula is C25H31N3O6. The molecule has 0 saturated carbocycles. The fourth-order valence-electron chi connectivity index (χ4n) is 4.95. The minimum absolute atomic E-state index is 0.0826. The Morgan fingerprint density at radius 1 is 1.09 bits per heavy atom. The largest absolute Gasteiger partial charge is 0.444 e. The van der Waals surface area contributed by atoms with Crippen LogP contribution in [0.25, 0.3) is 0 Å². The van der Waals surface area contributed by atoms with Gasteiger partial charge < -0.3 is 9.64 Å². The molecule has 1 N–H and O–H groups in total. The summed E-state index contributed by atoms with van der Waals surface area (Å²) in [5.74, 6) is -1.92. The van der Waals surface area contributed by atoms with Gasteiger partial charge in [-0.25, -0.2) is 4.79 Å². The van der Waals surface area contributed by atoms with E-state index in [1.54, 1.807) is 17.0 Å². The number of nitrogens with zero attached hydrogens (tertiary/aromatic N) is 2. The molecule has 3 aliphatic heterocycles. The van der Waals surface area contributed by atoms with E-state index in [-0.39, 0.29) is 30.4 Å². The van der Waals surface area contributed by atoms with Crippen molar-refractivity contribution in [1.82, 2.24) is 15.1 Å². The van der Waals surface area contributed by atoms with Gasteiger partial charge in [0.1, 0.15) is 11.6 Å². The summed E-state index contributed by atoms with van der Waals surface area (Å²) in [6.07, 6.45) is 3.12. The number of rotatable bonds is 3. The molecule has 0 aromatic heterocycles. The van der Waals surface area contributed by atoms with Crippen molar-refractivity contribution in [2.75, 3.05) is 13.1 Å². The van der Waals surface area contributed by atoms with Crippen LogP contribution in [0.1, 0.15) is 79.2 Å². The molecule has 3 heterocycles. The van der Waals surface area contributed by atoms with Crippen LogP contribution >= 0.6 is 0 Å². The molecule has 0 spiro atoms. The third-order valence-electron chi connectivity index (χ3n) is 6.48. The topological polar surface area (TPSA) is 113 Å². The molecule has 182 valence electrons. The van der Waals surface area contributed by atoms with E-state index in [1.165, 1.54) is 0 Å². The first-order chi connectivity index (χ1) is 16.0. The van der Waals surface area contributed by atoms with Gasteiger partial charge in [-0.2, -0.15) is 0 Å². The number of benzene rings is 1. The number of piperidine rings is 1. The summed E-state index contributed by atoms with van der Waals surface area (Å²) in [6, 6.07) is 4.19. The summed E-state index contributed by atoms with van der Waals surface area (Å²) in [5.41, 5.74) is 0.766. The molecule has 1 aromatic carbocycles. The molecule has 2 atom stereocenters. The molecule has 9 nitrogen and oxygen atoms in total. The van der Waals surface area contributed by atoms with Crippen LogP contribution in [0.15, 0.2) is 18.2 Å².